The van der Waals surface area contributed by atoms with Crippen LogP contribution in [0.3, 0.4) is 0 Å². The number of hydrogen-bond donors (Lipinski definition) is 2. The van der Waals surface area contributed by atoms with Gasteiger partial charge < -0.3 is 11.1 Å². The number of carbonyl (C=O) groups is 1. The molecule has 0 aliphatic heterocycles. The molecule has 0 unspecified atom stereocenters. The van der Waals surface area contributed by atoms with Crippen LogP contribution in [0.5, 0.6) is 0 Å². The van der Waals surface area contributed by atoms with Crippen LogP contribution >= 0.6 is 0 Å². The molecule has 18 heavy (non-hydrogen) atoms. The molecule has 0 spiro atoms. The molecule has 2 heterocycles. The maximum absolute atomic E-state index is 11.5. The van der Waals surface area contributed by atoms with Crippen LogP contribution in [0, 0.1) is 13.8 Å². The number of carbonyl (C=O) groups excluding carboxylic acids is 1. The Bertz CT molecular complexity index is 603. The summed E-state index contributed by atoms with van der Waals surface area (Å²) in [6.45, 7) is 3.73. The fourth-order valence-corrected chi connectivity index (χ4v) is 1.71. The van der Waals surface area contributed by atoms with E-state index in [4.69, 9.17) is 5.73 Å². The first-order valence-corrected chi connectivity index (χ1v) is 5.54. The Morgan fingerprint density at radius 1 is 1.44 bits per heavy atom. The number of nitrogens with one attached hydrogen (secondary N) is 1. The molecule has 1 amide bonds. The topological polar surface area (TPSA) is 85.8 Å². The van der Waals surface area contributed by atoms with Crippen molar-refractivity contribution in [2.24, 2.45) is 0 Å². The number of pyridine rings is 1. The van der Waals surface area contributed by atoms with Crippen molar-refractivity contribution in [2.45, 2.75) is 13.8 Å². The van der Waals surface area contributed by atoms with Gasteiger partial charge in [0.15, 0.2) is 0 Å². The molecule has 0 saturated carbocycles. The van der Waals surface area contributed by atoms with Crippen molar-refractivity contribution in [3.63, 3.8) is 0 Å². The van der Waals surface area contributed by atoms with E-state index in [1.807, 2.05) is 13.8 Å². The molecule has 0 saturated heterocycles. The standard InChI is InChI=1S/C12H15N5O/c1-7-11(13)8(2)17(16-7)9-4-5-15-10(6-9)12(18)14-3/h4-6H,13H2,1-3H3,(H,14,18). The molecular weight excluding hydrogens is 230 g/mol. The Labute approximate surface area is 105 Å². The molecule has 94 valence electrons. The van der Waals surface area contributed by atoms with Gasteiger partial charge in [0.05, 0.1) is 22.8 Å². The van der Waals surface area contributed by atoms with E-state index in [2.05, 4.69) is 15.4 Å². The monoisotopic (exact) mass is 245 g/mol. The summed E-state index contributed by atoms with van der Waals surface area (Å²) < 4.78 is 1.71. The average Bonchev–Trinajstić information content (AvgIpc) is 2.66. The van der Waals surface area contributed by atoms with Gasteiger partial charge in [-0.2, -0.15) is 5.10 Å². The Hall–Kier alpha value is -2.37. The highest BCUT2D eigenvalue weighted by Gasteiger charge is 2.12. The third kappa shape index (κ3) is 1.92. The van der Waals surface area contributed by atoms with Crippen LogP contribution in [0.1, 0.15) is 21.9 Å². The molecule has 6 heteroatoms. The molecular formula is C12H15N5O. The number of hydrogen-bond acceptors (Lipinski definition) is 4. The van der Waals surface area contributed by atoms with Gasteiger partial charge in [-0.1, -0.05) is 0 Å². The summed E-state index contributed by atoms with van der Waals surface area (Å²) >= 11 is 0. The first-order valence-electron chi connectivity index (χ1n) is 5.54. The van der Waals surface area contributed by atoms with E-state index in [1.54, 1.807) is 30.1 Å². The lowest BCUT2D eigenvalue weighted by molar-refractivity contribution is 0.0958. The minimum Gasteiger partial charge on any atom is -0.396 e. The van der Waals surface area contributed by atoms with Crippen molar-refractivity contribution >= 4 is 11.6 Å². The van der Waals surface area contributed by atoms with Gasteiger partial charge in [-0.3, -0.25) is 9.78 Å². The Balaban J connectivity index is 2.51. The van der Waals surface area contributed by atoms with E-state index in [0.717, 1.165) is 17.1 Å². The third-order valence-electron chi connectivity index (χ3n) is 2.80. The molecule has 0 aliphatic carbocycles. The van der Waals surface area contributed by atoms with Gasteiger partial charge in [-0.15, -0.1) is 0 Å². The smallest absolute Gasteiger partial charge is 0.269 e. The molecule has 0 aliphatic rings. The lowest BCUT2D eigenvalue weighted by Crippen LogP contribution is -2.19. The molecule has 3 N–H and O–H groups in total. The minimum atomic E-state index is -0.230. The Kier molecular flexibility index (Phi) is 3.01. The summed E-state index contributed by atoms with van der Waals surface area (Å²) in [4.78, 5) is 15.5. The van der Waals surface area contributed by atoms with Crippen molar-refractivity contribution in [1.82, 2.24) is 20.1 Å². The summed E-state index contributed by atoms with van der Waals surface area (Å²) in [5.41, 5.74) is 9.28. The van der Waals surface area contributed by atoms with Crippen molar-refractivity contribution in [1.29, 1.82) is 0 Å². The first kappa shape index (κ1) is 12.1. The summed E-state index contributed by atoms with van der Waals surface area (Å²) in [5, 5.41) is 6.87. The van der Waals surface area contributed by atoms with Gasteiger partial charge in [0.25, 0.3) is 5.91 Å². The van der Waals surface area contributed by atoms with Gasteiger partial charge in [0.1, 0.15) is 5.69 Å². The van der Waals surface area contributed by atoms with Crippen LogP contribution < -0.4 is 11.1 Å². The van der Waals surface area contributed by atoms with Crippen LogP contribution in [0.4, 0.5) is 5.69 Å². The molecule has 2 aromatic heterocycles. The summed E-state index contributed by atoms with van der Waals surface area (Å²) in [5.74, 6) is -0.230. The largest absolute Gasteiger partial charge is 0.396 e. The second-order valence-corrected chi connectivity index (χ2v) is 3.97. The molecule has 0 fully saturated rings. The number of aromatic nitrogens is 3. The highest BCUT2D eigenvalue weighted by atomic mass is 16.1. The number of anilines is 1. The lowest BCUT2D eigenvalue weighted by Gasteiger charge is -2.06. The van der Waals surface area contributed by atoms with Crippen LogP contribution in [0.15, 0.2) is 18.3 Å². The highest BCUT2D eigenvalue weighted by molar-refractivity contribution is 5.92. The lowest BCUT2D eigenvalue weighted by atomic mass is 10.3. The molecule has 2 aromatic rings. The zero-order valence-corrected chi connectivity index (χ0v) is 10.6. The van der Waals surface area contributed by atoms with Crippen LogP contribution in [-0.4, -0.2) is 27.7 Å². The van der Waals surface area contributed by atoms with Gasteiger partial charge in [0, 0.05) is 13.2 Å². The zero-order chi connectivity index (χ0) is 13.3. The van der Waals surface area contributed by atoms with E-state index in [9.17, 15) is 4.79 Å². The number of nitrogens with zero attached hydrogens (tertiary/aromatic N) is 3. The Morgan fingerprint density at radius 3 is 2.72 bits per heavy atom. The van der Waals surface area contributed by atoms with E-state index in [0.29, 0.717) is 11.4 Å². The second kappa shape index (κ2) is 4.48. The summed E-state index contributed by atoms with van der Waals surface area (Å²) in [6.07, 6.45) is 1.58. The van der Waals surface area contributed by atoms with Crippen LogP contribution in [0.2, 0.25) is 0 Å². The normalized spacial score (nSPS) is 10.4. The maximum Gasteiger partial charge on any atom is 0.269 e. The highest BCUT2D eigenvalue weighted by Crippen LogP contribution is 2.19. The molecule has 2 rings (SSSR count). The number of nitrogen functional groups attached to an aromatic ring is 1. The van der Waals surface area contributed by atoms with E-state index in [1.165, 1.54) is 0 Å². The fraction of sp³-hybridized carbons (Fsp3) is 0.250. The number of nitrogens with two attached hydrogens (primary N) is 1. The summed E-state index contributed by atoms with van der Waals surface area (Å²) in [7, 11) is 1.57. The molecule has 6 nitrogen and oxygen atoms in total. The van der Waals surface area contributed by atoms with E-state index >= 15 is 0 Å². The molecule has 0 radical (unpaired) electrons. The third-order valence-corrected chi connectivity index (χ3v) is 2.80. The van der Waals surface area contributed by atoms with Crippen LogP contribution in [-0.2, 0) is 0 Å². The fourth-order valence-electron chi connectivity index (χ4n) is 1.71. The number of amides is 1. The van der Waals surface area contributed by atoms with Crippen molar-refractivity contribution < 1.29 is 4.79 Å². The minimum absolute atomic E-state index is 0.230. The first-order chi connectivity index (χ1) is 8.54. The van der Waals surface area contributed by atoms with Crippen molar-refractivity contribution in [3.8, 4) is 5.69 Å². The van der Waals surface area contributed by atoms with Gasteiger partial charge >= 0.3 is 0 Å². The van der Waals surface area contributed by atoms with E-state index in [-0.39, 0.29) is 5.91 Å². The van der Waals surface area contributed by atoms with Gasteiger partial charge in [0.2, 0.25) is 0 Å². The zero-order valence-electron chi connectivity index (χ0n) is 10.6. The second-order valence-electron chi connectivity index (χ2n) is 3.97. The van der Waals surface area contributed by atoms with E-state index < -0.39 is 0 Å². The molecule has 0 atom stereocenters. The van der Waals surface area contributed by atoms with Gasteiger partial charge in [-0.25, -0.2) is 4.68 Å². The van der Waals surface area contributed by atoms with Crippen molar-refractivity contribution in [2.75, 3.05) is 12.8 Å². The predicted octanol–water partition coefficient (Wildman–Crippen LogP) is 0.826. The maximum atomic E-state index is 11.5. The van der Waals surface area contributed by atoms with Crippen molar-refractivity contribution in [3.05, 3.63) is 35.4 Å². The summed E-state index contributed by atoms with van der Waals surface area (Å²) in [6, 6.07) is 3.46. The van der Waals surface area contributed by atoms with Crippen LogP contribution in [0.25, 0.3) is 5.69 Å². The quantitative estimate of drug-likeness (QED) is 0.820. The molecule has 0 aromatic carbocycles. The Morgan fingerprint density at radius 2 is 2.17 bits per heavy atom. The predicted molar refractivity (Wildman–Crippen MR) is 68.6 cm³/mol. The number of rotatable bonds is 2. The SMILES string of the molecule is CNC(=O)c1cc(-n2nc(C)c(N)c2C)ccn1. The number of aryl methyl sites for hydroxylation is 1. The molecule has 0 bridgehead atoms. The average molecular weight is 245 g/mol. The van der Waals surface area contributed by atoms with Gasteiger partial charge in [-0.05, 0) is 26.0 Å².